The first kappa shape index (κ1) is 29.4. The molecule has 0 amide bonds. The van der Waals surface area contributed by atoms with Crippen molar-refractivity contribution in [1.29, 1.82) is 0 Å². The van der Waals surface area contributed by atoms with Crippen LogP contribution in [0.1, 0.15) is 19.4 Å². The summed E-state index contributed by atoms with van der Waals surface area (Å²) in [6.45, 7) is 4.25. The number of methoxy groups -OCH3 is 2. The highest BCUT2D eigenvalue weighted by molar-refractivity contribution is 5.81. The van der Waals surface area contributed by atoms with Crippen LogP contribution in [-0.4, -0.2) is 74.1 Å². The first-order valence-electron chi connectivity index (χ1n) is 12.5. The predicted molar refractivity (Wildman–Crippen MR) is 140 cm³/mol. The minimum atomic E-state index is -4.74. The summed E-state index contributed by atoms with van der Waals surface area (Å²) in [5.74, 6) is 0.165. The van der Waals surface area contributed by atoms with E-state index in [4.69, 9.17) is 23.8 Å². The molecule has 1 aliphatic heterocycles. The standard InChI is InChI=1S/C28H30F3N3O6/c1-5-37-24-23(35-3)17(2)38-27(25(24)36-4)40-34-14-18-7-6-8-20(13-18)26-32-15-21(16-33-26)19-9-11-22(12-10-19)39-28(29,30)31/h6-17,23-25,27H,5H2,1-4H3/b34-14+/t17-,23-,24+,25+,27-/m0/s1. The molecule has 5 atom stereocenters. The highest BCUT2D eigenvalue weighted by Crippen LogP contribution is 2.29. The third-order valence-corrected chi connectivity index (χ3v) is 6.22. The van der Waals surface area contributed by atoms with Crippen LogP contribution in [0.25, 0.3) is 22.5 Å². The lowest BCUT2D eigenvalue weighted by atomic mass is 9.99. The molecule has 0 unspecified atom stereocenters. The Morgan fingerprint density at radius 1 is 0.925 bits per heavy atom. The van der Waals surface area contributed by atoms with Gasteiger partial charge >= 0.3 is 6.36 Å². The van der Waals surface area contributed by atoms with Crippen LogP contribution in [0.15, 0.2) is 66.1 Å². The van der Waals surface area contributed by atoms with Crippen molar-refractivity contribution in [2.24, 2.45) is 5.16 Å². The molecule has 4 rings (SSSR count). The second-order valence-corrected chi connectivity index (χ2v) is 8.86. The molecule has 1 saturated heterocycles. The highest BCUT2D eigenvalue weighted by Gasteiger charge is 2.47. The maximum Gasteiger partial charge on any atom is 0.573 e. The molecule has 0 N–H and O–H groups in total. The molecule has 0 bridgehead atoms. The van der Waals surface area contributed by atoms with Crippen LogP contribution in [0.4, 0.5) is 13.2 Å². The van der Waals surface area contributed by atoms with Crippen molar-refractivity contribution in [2.45, 2.75) is 50.9 Å². The fraction of sp³-hybridized carbons (Fsp3) is 0.393. The lowest BCUT2D eigenvalue weighted by Crippen LogP contribution is -2.59. The number of oxime groups is 1. The zero-order chi connectivity index (χ0) is 28.7. The van der Waals surface area contributed by atoms with E-state index in [1.807, 2.05) is 38.1 Å². The summed E-state index contributed by atoms with van der Waals surface area (Å²) < 4.78 is 64.0. The van der Waals surface area contributed by atoms with E-state index in [1.54, 1.807) is 32.8 Å². The van der Waals surface area contributed by atoms with Crippen LogP contribution in [0.5, 0.6) is 5.75 Å². The fourth-order valence-electron chi connectivity index (χ4n) is 4.40. The third kappa shape index (κ3) is 7.33. The molecule has 0 aliphatic carbocycles. The van der Waals surface area contributed by atoms with E-state index in [9.17, 15) is 13.2 Å². The van der Waals surface area contributed by atoms with Gasteiger partial charge in [0.2, 0.25) is 0 Å². The van der Waals surface area contributed by atoms with Gasteiger partial charge in [0.05, 0.1) is 12.3 Å². The minimum absolute atomic E-state index is 0.299. The Hall–Kier alpha value is -3.58. The molecule has 12 heteroatoms. The first-order valence-corrected chi connectivity index (χ1v) is 12.5. The summed E-state index contributed by atoms with van der Waals surface area (Å²) in [6, 6.07) is 12.9. The number of halogens is 3. The molecular weight excluding hydrogens is 531 g/mol. The van der Waals surface area contributed by atoms with Crippen LogP contribution in [0.3, 0.4) is 0 Å². The second-order valence-electron chi connectivity index (χ2n) is 8.86. The minimum Gasteiger partial charge on any atom is -0.406 e. The maximum atomic E-state index is 12.4. The molecule has 0 radical (unpaired) electrons. The van der Waals surface area contributed by atoms with Crippen LogP contribution in [0, 0.1) is 0 Å². The molecule has 40 heavy (non-hydrogen) atoms. The van der Waals surface area contributed by atoms with E-state index in [0.717, 1.165) is 11.1 Å². The Morgan fingerprint density at radius 2 is 1.62 bits per heavy atom. The van der Waals surface area contributed by atoms with Gasteiger partial charge in [-0.05, 0) is 43.2 Å². The topological polar surface area (TPSA) is 93.5 Å². The van der Waals surface area contributed by atoms with E-state index in [0.29, 0.717) is 23.6 Å². The van der Waals surface area contributed by atoms with Gasteiger partial charge in [-0.15, -0.1) is 13.2 Å². The summed E-state index contributed by atoms with van der Waals surface area (Å²) in [6.07, 6.45) is -2.37. The van der Waals surface area contributed by atoms with Crippen molar-refractivity contribution < 1.29 is 41.7 Å². The normalized spacial score (nSPS) is 23.3. The van der Waals surface area contributed by atoms with Gasteiger partial charge < -0.3 is 28.5 Å². The molecule has 1 aromatic heterocycles. The smallest absolute Gasteiger partial charge is 0.406 e. The number of aromatic nitrogens is 2. The van der Waals surface area contributed by atoms with Gasteiger partial charge in [0.1, 0.15) is 18.0 Å². The Labute approximate surface area is 229 Å². The number of alkyl halides is 3. The first-order chi connectivity index (χ1) is 19.2. The van der Waals surface area contributed by atoms with Gasteiger partial charge in [-0.1, -0.05) is 35.5 Å². The van der Waals surface area contributed by atoms with Crippen molar-refractivity contribution in [3.63, 3.8) is 0 Å². The number of ether oxygens (including phenoxy) is 5. The lowest BCUT2D eigenvalue weighted by molar-refractivity contribution is -0.308. The summed E-state index contributed by atoms with van der Waals surface area (Å²) in [7, 11) is 3.15. The third-order valence-electron chi connectivity index (χ3n) is 6.22. The number of benzene rings is 2. The fourth-order valence-corrected chi connectivity index (χ4v) is 4.40. The van der Waals surface area contributed by atoms with Crippen molar-refractivity contribution in [3.05, 3.63) is 66.5 Å². The predicted octanol–water partition coefficient (Wildman–Crippen LogP) is 5.24. The van der Waals surface area contributed by atoms with Crippen molar-refractivity contribution in [2.75, 3.05) is 20.8 Å². The molecule has 3 aromatic rings. The van der Waals surface area contributed by atoms with Gasteiger partial charge in [0, 0.05) is 44.3 Å². The van der Waals surface area contributed by atoms with Crippen LogP contribution in [-0.2, 0) is 23.8 Å². The monoisotopic (exact) mass is 561 g/mol. The van der Waals surface area contributed by atoms with Gasteiger partial charge in [-0.2, -0.15) is 0 Å². The Kier molecular flexibility index (Phi) is 9.69. The summed E-state index contributed by atoms with van der Waals surface area (Å²) in [5, 5.41) is 4.11. The Balaban J connectivity index is 1.42. The molecule has 0 spiro atoms. The van der Waals surface area contributed by atoms with Crippen molar-refractivity contribution in [1.82, 2.24) is 9.97 Å². The van der Waals surface area contributed by atoms with Crippen LogP contribution in [0.2, 0.25) is 0 Å². The lowest BCUT2D eigenvalue weighted by Gasteiger charge is -2.42. The molecule has 1 fully saturated rings. The summed E-state index contributed by atoms with van der Waals surface area (Å²) in [4.78, 5) is 14.5. The number of rotatable bonds is 10. The van der Waals surface area contributed by atoms with Crippen LogP contribution < -0.4 is 4.74 Å². The maximum absolute atomic E-state index is 12.4. The largest absolute Gasteiger partial charge is 0.573 e. The van der Waals surface area contributed by atoms with E-state index in [1.165, 1.54) is 24.3 Å². The van der Waals surface area contributed by atoms with Crippen LogP contribution >= 0.6 is 0 Å². The van der Waals surface area contributed by atoms with E-state index in [-0.39, 0.29) is 18.0 Å². The van der Waals surface area contributed by atoms with Gasteiger partial charge in [0.15, 0.2) is 11.9 Å². The highest BCUT2D eigenvalue weighted by atomic mass is 19.4. The molecule has 1 aliphatic rings. The molecular formula is C28H30F3N3O6. The van der Waals surface area contributed by atoms with Crippen molar-refractivity contribution >= 4 is 6.21 Å². The molecule has 0 saturated carbocycles. The van der Waals surface area contributed by atoms with Gasteiger partial charge in [0.25, 0.3) is 6.29 Å². The van der Waals surface area contributed by atoms with Gasteiger partial charge in [-0.25, -0.2) is 9.97 Å². The number of hydrogen-bond acceptors (Lipinski definition) is 9. The zero-order valence-corrected chi connectivity index (χ0v) is 22.4. The second kappa shape index (κ2) is 13.2. The number of hydrogen-bond donors (Lipinski definition) is 0. The van der Waals surface area contributed by atoms with E-state index < -0.39 is 24.9 Å². The molecule has 214 valence electrons. The molecule has 2 heterocycles. The molecule has 9 nitrogen and oxygen atoms in total. The van der Waals surface area contributed by atoms with E-state index >= 15 is 0 Å². The Morgan fingerprint density at radius 3 is 2.25 bits per heavy atom. The average Bonchev–Trinajstić information content (AvgIpc) is 2.93. The zero-order valence-electron chi connectivity index (χ0n) is 22.4. The quantitative estimate of drug-likeness (QED) is 0.245. The number of nitrogens with zero attached hydrogens (tertiary/aromatic N) is 3. The SMILES string of the molecule is CCO[C@@H]1[C@@H](OC)[C@H](C)O[C@@H](O/N=C/c2cccc(-c3ncc(-c4ccc(OC(F)(F)F)cc4)cn3)c2)[C@@H]1OC. The summed E-state index contributed by atoms with van der Waals surface area (Å²) >= 11 is 0. The molecule has 2 aromatic carbocycles. The van der Waals surface area contributed by atoms with Crippen molar-refractivity contribution in [3.8, 4) is 28.3 Å². The Bertz CT molecular complexity index is 1260. The van der Waals surface area contributed by atoms with E-state index in [2.05, 4.69) is 19.9 Å². The summed E-state index contributed by atoms with van der Waals surface area (Å²) in [5.41, 5.74) is 2.76. The average molecular weight is 562 g/mol. The van der Waals surface area contributed by atoms with Gasteiger partial charge in [-0.3, -0.25) is 0 Å².